The number of aryl methyl sites for hydroxylation is 1. The van der Waals surface area contributed by atoms with Crippen molar-refractivity contribution in [1.82, 2.24) is 0 Å². The summed E-state index contributed by atoms with van der Waals surface area (Å²) in [6.07, 6.45) is 2.44. The van der Waals surface area contributed by atoms with E-state index in [1.54, 1.807) is 31.3 Å². The van der Waals surface area contributed by atoms with Crippen LogP contribution in [0.25, 0.3) is 6.08 Å². The van der Waals surface area contributed by atoms with Crippen molar-refractivity contribution >= 4 is 29.3 Å². The number of allylic oxidation sites excluding steroid dienone is 1. The smallest absolute Gasteiger partial charge is 0.335 e. The van der Waals surface area contributed by atoms with Crippen molar-refractivity contribution in [3.63, 3.8) is 0 Å². The van der Waals surface area contributed by atoms with Gasteiger partial charge in [0.25, 0.3) is 0 Å². The van der Waals surface area contributed by atoms with Gasteiger partial charge in [-0.05, 0) is 47.4 Å². The minimum Gasteiger partial charge on any atom is -0.478 e. The van der Waals surface area contributed by atoms with Crippen LogP contribution in [0.15, 0.2) is 48.0 Å². The number of benzene rings is 2. The number of nitrogens with one attached hydrogen (secondary N) is 1. The molecule has 0 atom stereocenters. The molecule has 0 fully saturated rings. The summed E-state index contributed by atoms with van der Waals surface area (Å²) >= 11 is 0. The third-order valence-electron chi connectivity index (χ3n) is 4.53. The molecule has 1 aliphatic rings. The molecular weight excluding hydrogens is 330 g/mol. The van der Waals surface area contributed by atoms with Gasteiger partial charge in [-0.3, -0.25) is 9.59 Å². The van der Waals surface area contributed by atoms with Gasteiger partial charge in [-0.15, -0.1) is 0 Å². The lowest BCUT2D eigenvalue weighted by Crippen LogP contribution is -2.20. The molecule has 5 heteroatoms. The van der Waals surface area contributed by atoms with Crippen LogP contribution in [0, 0.1) is 0 Å². The molecule has 2 N–H and O–H groups in total. The van der Waals surface area contributed by atoms with Crippen molar-refractivity contribution in [1.29, 1.82) is 0 Å². The number of anilines is 1. The molecule has 2 aromatic carbocycles. The molecule has 0 radical (unpaired) electrons. The maximum Gasteiger partial charge on any atom is 0.335 e. The quantitative estimate of drug-likeness (QED) is 0.783. The second-order valence-electron chi connectivity index (χ2n) is 6.21. The number of ketones is 2. The number of aromatic carboxylic acids is 1. The van der Waals surface area contributed by atoms with E-state index in [0.717, 1.165) is 22.4 Å². The maximum atomic E-state index is 12.5. The first-order valence-electron chi connectivity index (χ1n) is 8.39. The number of carboxylic acid groups (broad SMARTS) is 1. The second kappa shape index (κ2) is 7.35. The SMILES string of the molecule is CNc1cccc2c1CC(=O)C(C(=O)CCc1cccc(C(=O)O)c1)=C2. The van der Waals surface area contributed by atoms with E-state index >= 15 is 0 Å². The average Bonchev–Trinajstić information content (AvgIpc) is 2.65. The lowest BCUT2D eigenvalue weighted by Gasteiger charge is -2.18. The van der Waals surface area contributed by atoms with E-state index in [0.29, 0.717) is 6.42 Å². The summed E-state index contributed by atoms with van der Waals surface area (Å²) in [6.45, 7) is 0. The molecule has 1 aliphatic carbocycles. The monoisotopic (exact) mass is 349 g/mol. The Morgan fingerprint density at radius 3 is 2.65 bits per heavy atom. The third-order valence-corrected chi connectivity index (χ3v) is 4.53. The molecular formula is C21H19NO4. The van der Waals surface area contributed by atoms with Gasteiger partial charge in [0.2, 0.25) is 0 Å². The van der Waals surface area contributed by atoms with Crippen LogP contribution >= 0.6 is 0 Å². The van der Waals surface area contributed by atoms with Gasteiger partial charge in [0, 0.05) is 25.6 Å². The number of carboxylic acids is 1. The Bertz CT molecular complexity index is 927. The summed E-state index contributed by atoms with van der Waals surface area (Å²) in [7, 11) is 1.80. The van der Waals surface area contributed by atoms with Crippen molar-refractivity contribution in [2.24, 2.45) is 0 Å². The number of hydrogen-bond donors (Lipinski definition) is 2. The maximum absolute atomic E-state index is 12.5. The van der Waals surface area contributed by atoms with Crippen LogP contribution in [0.4, 0.5) is 5.69 Å². The molecule has 0 saturated heterocycles. The van der Waals surface area contributed by atoms with Crippen molar-refractivity contribution in [2.45, 2.75) is 19.3 Å². The van der Waals surface area contributed by atoms with E-state index in [1.807, 2.05) is 18.2 Å². The van der Waals surface area contributed by atoms with Gasteiger partial charge in [-0.2, -0.15) is 0 Å². The Hall–Kier alpha value is -3.21. The Labute approximate surface area is 151 Å². The van der Waals surface area contributed by atoms with Crippen LogP contribution in [-0.2, 0) is 22.4 Å². The average molecular weight is 349 g/mol. The number of carbonyl (C=O) groups excluding carboxylic acids is 2. The molecule has 5 nitrogen and oxygen atoms in total. The fourth-order valence-corrected chi connectivity index (χ4v) is 3.15. The van der Waals surface area contributed by atoms with Gasteiger partial charge in [0.1, 0.15) is 0 Å². The highest BCUT2D eigenvalue weighted by Crippen LogP contribution is 2.28. The van der Waals surface area contributed by atoms with Crippen LogP contribution in [0.3, 0.4) is 0 Å². The fourth-order valence-electron chi connectivity index (χ4n) is 3.15. The molecule has 0 unspecified atom stereocenters. The highest BCUT2D eigenvalue weighted by atomic mass is 16.4. The Morgan fingerprint density at radius 2 is 1.92 bits per heavy atom. The zero-order valence-corrected chi connectivity index (χ0v) is 14.4. The highest BCUT2D eigenvalue weighted by Gasteiger charge is 2.25. The van der Waals surface area contributed by atoms with Crippen LogP contribution in [0.2, 0.25) is 0 Å². The molecule has 0 aromatic heterocycles. The lowest BCUT2D eigenvalue weighted by molar-refractivity contribution is -0.121. The molecule has 0 amide bonds. The molecule has 3 rings (SSSR count). The largest absolute Gasteiger partial charge is 0.478 e. The number of fused-ring (bicyclic) bond motifs is 1. The number of carbonyl (C=O) groups is 3. The van der Waals surface area contributed by atoms with E-state index in [9.17, 15) is 14.4 Å². The predicted octanol–water partition coefficient (Wildman–Crippen LogP) is 3.14. The van der Waals surface area contributed by atoms with Crippen LogP contribution in [0.5, 0.6) is 0 Å². The molecule has 0 heterocycles. The van der Waals surface area contributed by atoms with Gasteiger partial charge in [-0.25, -0.2) is 4.79 Å². The van der Waals surface area contributed by atoms with Crippen molar-refractivity contribution < 1.29 is 19.5 Å². The number of Topliss-reactive ketones (excluding diaryl/α,β-unsaturated/α-hetero) is 2. The van der Waals surface area contributed by atoms with Crippen molar-refractivity contribution in [3.05, 3.63) is 70.3 Å². The van der Waals surface area contributed by atoms with Crippen molar-refractivity contribution in [2.75, 3.05) is 12.4 Å². The van der Waals surface area contributed by atoms with Gasteiger partial charge < -0.3 is 10.4 Å². The van der Waals surface area contributed by atoms with Crippen LogP contribution < -0.4 is 5.32 Å². The molecule has 0 aliphatic heterocycles. The summed E-state index contributed by atoms with van der Waals surface area (Å²) in [5.74, 6) is -1.39. The van der Waals surface area contributed by atoms with Gasteiger partial charge in [0.05, 0.1) is 11.1 Å². The van der Waals surface area contributed by atoms with Crippen LogP contribution in [-0.4, -0.2) is 29.7 Å². The zero-order chi connectivity index (χ0) is 18.7. The van der Waals surface area contributed by atoms with E-state index < -0.39 is 5.97 Å². The topological polar surface area (TPSA) is 83.5 Å². The Balaban J connectivity index is 1.77. The minimum atomic E-state index is -1.000. The van der Waals surface area contributed by atoms with E-state index in [1.165, 1.54) is 6.07 Å². The Kier molecular flexibility index (Phi) is 4.98. The van der Waals surface area contributed by atoms with Gasteiger partial charge in [-0.1, -0.05) is 24.3 Å². The highest BCUT2D eigenvalue weighted by molar-refractivity contribution is 6.25. The molecule has 2 aromatic rings. The van der Waals surface area contributed by atoms with Crippen molar-refractivity contribution in [3.8, 4) is 0 Å². The predicted molar refractivity (Wildman–Crippen MR) is 99.4 cm³/mol. The second-order valence-corrected chi connectivity index (χ2v) is 6.21. The molecule has 0 spiro atoms. The summed E-state index contributed by atoms with van der Waals surface area (Å²) in [5.41, 5.74) is 3.86. The third kappa shape index (κ3) is 3.57. The van der Waals surface area contributed by atoms with Gasteiger partial charge >= 0.3 is 5.97 Å². The molecule has 0 saturated carbocycles. The van der Waals surface area contributed by atoms with E-state index in [4.69, 9.17) is 5.11 Å². The van der Waals surface area contributed by atoms with Gasteiger partial charge in [0.15, 0.2) is 11.6 Å². The number of hydrogen-bond acceptors (Lipinski definition) is 4. The Morgan fingerprint density at radius 1 is 1.15 bits per heavy atom. The first-order valence-corrected chi connectivity index (χ1v) is 8.39. The normalized spacial score (nSPS) is 13.0. The first-order chi connectivity index (χ1) is 12.5. The molecule has 132 valence electrons. The summed E-state index contributed by atoms with van der Waals surface area (Å²) in [6, 6.07) is 12.2. The molecule has 26 heavy (non-hydrogen) atoms. The summed E-state index contributed by atoms with van der Waals surface area (Å²) in [4.78, 5) is 36.0. The minimum absolute atomic E-state index is 0.168. The summed E-state index contributed by atoms with van der Waals surface area (Å²) < 4.78 is 0. The van der Waals surface area contributed by atoms with E-state index in [2.05, 4.69) is 5.32 Å². The number of rotatable bonds is 6. The van der Waals surface area contributed by atoms with Crippen LogP contribution in [0.1, 0.15) is 33.5 Å². The lowest BCUT2D eigenvalue weighted by atomic mass is 9.87. The zero-order valence-electron chi connectivity index (χ0n) is 14.4. The van der Waals surface area contributed by atoms with E-state index in [-0.39, 0.29) is 35.5 Å². The fraction of sp³-hybridized carbons (Fsp3) is 0.190. The first kappa shape index (κ1) is 17.6. The summed E-state index contributed by atoms with van der Waals surface area (Å²) in [5, 5.41) is 12.1. The standard InChI is InChI=1S/C21H19NO4/c1-22-18-7-3-5-14-11-17(20(24)12-16(14)18)19(23)9-8-13-4-2-6-15(10-13)21(25)26/h2-7,10-11,22H,8-9,12H2,1H3,(H,25,26). The molecule has 0 bridgehead atoms.